The van der Waals surface area contributed by atoms with Crippen LogP contribution in [0.25, 0.3) is 6.08 Å². The van der Waals surface area contributed by atoms with Gasteiger partial charge in [-0.3, -0.25) is 0 Å². The molecule has 0 amide bonds. The lowest BCUT2D eigenvalue weighted by molar-refractivity contribution is -0.134. The van der Waals surface area contributed by atoms with Gasteiger partial charge in [0.25, 0.3) is 0 Å². The summed E-state index contributed by atoms with van der Waals surface area (Å²) in [5, 5.41) is 8.67. The fourth-order valence-corrected chi connectivity index (χ4v) is 1.00. The Labute approximate surface area is 79.3 Å². The predicted molar refractivity (Wildman–Crippen MR) is 48.2 cm³/mol. The third-order valence-corrected chi connectivity index (χ3v) is 1.58. The van der Waals surface area contributed by atoms with Gasteiger partial charge in [-0.15, -0.1) is 0 Å². The molecule has 0 atom stereocenters. The Hall–Kier alpha value is -1.35. The van der Waals surface area contributed by atoms with Crippen LogP contribution in [0.15, 0.2) is 30.1 Å². The monoisotopic (exact) mass is 200 g/mol. The molecule has 68 valence electrons. The van der Waals surface area contributed by atoms with E-state index < -0.39 is 11.8 Å². The molecule has 0 aliphatic carbocycles. The highest BCUT2D eigenvalue weighted by atomic mass is 35.5. The van der Waals surface area contributed by atoms with Crippen molar-refractivity contribution < 1.29 is 14.3 Å². The van der Waals surface area contributed by atoms with E-state index in [2.05, 4.69) is 0 Å². The van der Waals surface area contributed by atoms with Crippen molar-refractivity contribution in [3.63, 3.8) is 0 Å². The molecule has 0 aliphatic rings. The minimum absolute atomic E-state index is 0.424. The largest absolute Gasteiger partial charge is 0.476 e. The van der Waals surface area contributed by atoms with Crippen LogP contribution in [0.3, 0.4) is 0 Å². The molecule has 0 unspecified atom stereocenters. The second kappa shape index (κ2) is 4.05. The predicted octanol–water partition coefficient (Wildman–Crippen LogP) is 2.74. The number of hydrogen-bond acceptors (Lipinski definition) is 1. The van der Waals surface area contributed by atoms with Gasteiger partial charge < -0.3 is 5.11 Å². The highest BCUT2D eigenvalue weighted by Gasteiger charge is 2.04. The number of hydrogen-bond donors (Lipinski definition) is 1. The van der Waals surface area contributed by atoms with Crippen LogP contribution in [0.1, 0.15) is 5.56 Å². The van der Waals surface area contributed by atoms with Gasteiger partial charge in [0.2, 0.25) is 5.83 Å². The van der Waals surface area contributed by atoms with Crippen molar-refractivity contribution >= 4 is 23.6 Å². The summed E-state index contributed by atoms with van der Waals surface area (Å²) in [5.41, 5.74) is 0.424. The standard InChI is InChI=1S/C9H6ClFO2/c10-7-3-1-2-6(4-7)5-8(11)9(12)13/h1-5H,(H,12,13)/b8-5-. The van der Waals surface area contributed by atoms with Gasteiger partial charge in [0.1, 0.15) is 0 Å². The Morgan fingerprint density at radius 1 is 1.54 bits per heavy atom. The smallest absolute Gasteiger partial charge is 0.364 e. The van der Waals surface area contributed by atoms with Gasteiger partial charge >= 0.3 is 5.97 Å². The summed E-state index contributed by atoms with van der Waals surface area (Å²) in [5.74, 6) is -2.79. The van der Waals surface area contributed by atoms with Crippen molar-refractivity contribution in [2.45, 2.75) is 0 Å². The van der Waals surface area contributed by atoms with Gasteiger partial charge in [0.15, 0.2) is 0 Å². The van der Waals surface area contributed by atoms with Gasteiger partial charge in [-0.2, -0.15) is 4.39 Å². The molecule has 1 aromatic carbocycles. The summed E-state index contributed by atoms with van der Waals surface area (Å²) < 4.78 is 12.6. The molecule has 0 heterocycles. The zero-order chi connectivity index (χ0) is 9.84. The molecule has 0 fully saturated rings. The lowest BCUT2D eigenvalue weighted by Gasteiger charge is -1.93. The maximum absolute atomic E-state index is 12.6. The third kappa shape index (κ3) is 2.87. The molecule has 1 aromatic rings. The number of rotatable bonds is 2. The molecule has 2 nitrogen and oxygen atoms in total. The first-order valence-corrected chi connectivity index (χ1v) is 3.83. The van der Waals surface area contributed by atoms with E-state index in [9.17, 15) is 9.18 Å². The molecule has 4 heteroatoms. The maximum Gasteiger partial charge on any atom is 0.364 e. The normalized spacial score (nSPS) is 11.4. The lowest BCUT2D eigenvalue weighted by Crippen LogP contribution is -1.93. The number of benzene rings is 1. The van der Waals surface area contributed by atoms with Crippen molar-refractivity contribution in [2.75, 3.05) is 0 Å². The van der Waals surface area contributed by atoms with Crippen molar-refractivity contribution in [3.8, 4) is 0 Å². The summed E-state index contributed by atoms with van der Waals surface area (Å²) in [6, 6.07) is 6.28. The minimum atomic E-state index is -1.58. The summed E-state index contributed by atoms with van der Waals surface area (Å²) in [6.45, 7) is 0. The van der Waals surface area contributed by atoms with Crippen molar-refractivity contribution in [3.05, 3.63) is 40.7 Å². The first-order chi connectivity index (χ1) is 6.09. The Bertz CT molecular complexity index is 360. The molecule has 13 heavy (non-hydrogen) atoms. The van der Waals surface area contributed by atoms with Crippen LogP contribution < -0.4 is 0 Å². The van der Waals surface area contributed by atoms with E-state index in [1.54, 1.807) is 18.2 Å². The van der Waals surface area contributed by atoms with Gasteiger partial charge in [-0.1, -0.05) is 23.7 Å². The van der Waals surface area contributed by atoms with E-state index in [4.69, 9.17) is 16.7 Å². The molecule has 0 saturated heterocycles. The van der Waals surface area contributed by atoms with Gasteiger partial charge in [-0.25, -0.2) is 4.79 Å². The van der Waals surface area contributed by atoms with E-state index in [0.29, 0.717) is 10.6 Å². The molecular weight excluding hydrogens is 195 g/mol. The second-order valence-electron chi connectivity index (χ2n) is 2.35. The van der Waals surface area contributed by atoms with Crippen LogP contribution in [0, 0.1) is 0 Å². The highest BCUT2D eigenvalue weighted by molar-refractivity contribution is 6.30. The van der Waals surface area contributed by atoms with Crippen LogP contribution >= 0.6 is 11.6 Å². The SMILES string of the molecule is O=C(O)/C(F)=C/c1cccc(Cl)c1. The van der Waals surface area contributed by atoms with E-state index in [-0.39, 0.29) is 0 Å². The van der Waals surface area contributed by atoms with Crippen molar-refractivity contribution in [1.29, 1.82) is 0 Å². The van der Waals surface area contributed by atoms with E-state index in [1.807, 2.05) is 0 Å². The molecule has 0 aliphatic heterocycles. The lowest BCUT2D eigenvalue weighted by atomic mass is 10.2. The van der Waals surface area contributed by atoms with Crippen LogP contribution in [0.5, 0.6) is 0 Å². The van der Waals surface area contributed by atoms with Crippen molar-refractivity contribution in [2.24, 2.45) is 0 Å². The fourth-order valence-electron chi connectivity index (χ4n) is 0.804. The summed E-state index contributed by atoms with van der Waals surface area (Å²) >= 11 is 5.61. The van der Waals surface area contributed by atoms with E-state index >= 15 is 0 Å². The zero-order valence-corrected chi connectivity index (χ0v) is 7.25. The topological polar surface area (TPSA) is 37.3 Å². The van der Waals surface area contributed by atoms with Crippen LogP contribution in [-0.4, -0.2) is 11.1 Å². The first-order valence-electron chi connectivity index (χ1n) is 3.45. The van der Waals surface area contributed by atoms with Gasteiger partial charge in [0, 0.05) is 5.02 Å². The van der Waals surface area contributed by atoms with Crippen LogP contribution in [0.2, 0.25) is 5.02 Å². The van der Waals surface area contributed by atoms with E-state index in [0.717, 1.165) is 6.08 Å². The molecule has 1 N–H and O–H groups in total. The molecule has 0 spiro atoms. The number of carboxylic acids is 1. The number of carbonyl (C=O) groups is 1. The zero-order valence-electron chi connectivity index (χ0n) is 6.50. The Kier molecular flexibility index (Phi) is 3.03. The fraction of sp³-hybridized carbons (Fsp3) is 0. The molecular formula is C9H6ClFO2. The molecule has 0 aromatic heterocycles. The van der Waals surface area contributed by atoms with Crippen LogP contribution in [0.4, 0.5) is 4.39 Å². The maximum atomic E-state index is 12.6. The number of aliphatic carboxylic acids is 1. The molecule has 0 saturated carbocycles. The average molecular weight is 201 g/mol. The minimum Gasteiger partial charge on any atom is -0.476 e. The van der Waals surface area contributed by atoms with E-state index in [1.165, 1.54) is 6.07 Å². The van der Waals surface area contributed by atoms with Gasteiger partial charge in [-0.05, 0) is 23.8 Å². The van der Waals surface area contributed by atoms with Crippen LogP contribution in [-0.2, 0) is 4.79 Å². The Morgan fingerprint density at radius 3 is 2.77 bits per heavy atom. The number of carboxylic acid groups (broad SMARTS) is 1. The highest BCUT2D eigenvalue weighted by Crippen LogP contribution is 2.14. The summed E-state index contributed by atoms with van der Waals surface area (Å²) in [4.78, 5) is 10.1. The quantitative estimate of drug-likeness (QED) is 0.746. The van der Waals surface area contributed by atoms with Crippen molar-refractivity contribution in [1.82, 2.24) is 0 Å². The summed E-state index contributed by atoms with van der Waals surface area (Å²) in [6.07, 6.45) is 0.911. The summed E-state index contributed by atoms with van der Waals surface area (Å²) in [7, 11) is 0. The first kappa shape index (κ1) is 9.74. The Balaban J connectivity index is 2.97. The second-order valence-corrected chi connectivity index (χ2v) is 2.79. The Morgan fingerprint density at radius 2 is 2.23 bits per heavy atom. The van der Waals surface area contributed by atoms with Gasteiger partial charge in [0.05, 0.1) is 0 Å². The molecule has 0 bridgehead atoms. The average Bonchev–Trinajstić information content (AvgIpc) is 2.04. The molecule has 0 radical (unpaired) electrons. The molecule has 1 rings (SSSR count). The third-order valence-electron chi connectivity index (χ3n) is 1.35. The number of halogens is 2.